The quantitative estimate of drug-likeness (QED) is 0.606. The molecule has 0 saturated carbocycles. The predicted octanol–water partition coefficient (Wildman–Crippen LogP) is 2.91. The summed E-state index contributed by atoms with van der Waals surface area (Å²) in [6.07, 6.45) is 4.05. The molecule has 3 nitrogen and oxygen atoms in total. The number of ketones is 1. The van der Waals surface area contributed by atoms with Gasteiger partial charge in [0.1, 0.15) is 6.10 Å². The van der Waals surface area contributed by atoms with E-state index in [1.165, 1.54) is 6.92 Å². The van der Waals surface area contributed by atoms with Crippen molar-refractivity contribution in [1.82, 2.24) is 0 Å². The minimum absolute atomic E-state index is 0.0402. The maximum Gasteiger partial charge on any atom is 0.303 e. The molecule has 1 aromatic rings. The third-order valence-electron chi connectivity index (χ3n) is 2.99. The highest BCUT2D eigenvalue weighted by molar-refractivity contribution is 6.09. The van der Waals surface area contributed by atoms with Gasteiger partial charge in [-0.15, -0.1) is 0 Å². The molecular formula is C15H16O3. The van der Waals surface area contributed by atoms with Crippen LogP contribution < -0.4 is 0 Å². The zero-order chi connectivity index (χ0) is 13.0. The molecule has 1 aliphatic carbocycles. The number of allylic oxidation sites excluding steroid dienone is 1. The van der Waals surface area contributed by atoms with Gasteiger partial charge in [-0.1, -0.05) is 36.4 Å². The second-order valence-electron chi connectivity index (χ2n) is 4.38. The summed E-state index contributed by atoms with van der Waals surface area (Å²) < 4.78 is 5.22. The fraction of sp³-hybridized carbons (Fsp3) is 0.333. The number of hydrogen-bond donors (Lipinski definition) is 0. The molecule has 3 heteroatoms. The van der Waals surface area contributed by atoms with Crippen LogP contribution in [-0.2, 0) is 9.53 Å². The molecule has 18 heavy (non-hydrogen) atoms. The fourth-order valence-electron chi connectivity index (χ4n) is 2.17. The van der Waals surface area contributed by atoms with Crippen molar-refractivity contribution in [1.29, 1.82) is 0 Å². The monoisotopic (exact) mass is 244 g/mol. The molecule has 1 aromatic carbocycles. The summed E-state index contributed by atoms with van der Waals surface area (Å²) in [5.41, 5.74) is 1.26. The number of carbonyl (C=O) groups is 2. The largest absolute Gasteiger partial charge is 0.458 e. The lowest BCUT2D eigenvalue weighted by molar-refractivity contribution is -0.144. The molecule has 0 aliphatic heterocycles. The number of carbonyl (C=O) groups excluding carboxylic acids is 2. The van der Waals surface area contributed by atoms with Gasteiger partial charge in [-0.3, -0.25) is 9.59 Å². The van der Waals surface area contributed by atoms with E-state index >= 15 is 0 Å². The number of esters is 1. The average molecular weight is 244 g/mol. The van der Waals surface area contributed by atoms with E-state index in [9.17, 15) is 9.59 Å². The van der Waals surface area contributed by atoms with Crippen molar-refractivity contribution in [3.05, 3.63) is 47.5 Å². The van der Waals surface area contributed by atoms with Gasteiger partial charge in [0.25, 0.3) is 0 Å². The van der Waals surface area contributed by atoms with Crippen LogP contribution in [0.1, 0.15) is 36.5 Å². The molecule has 0 N–H and O–H groups in total. The molecule has 0 radical (unpaired) electrons. The van der Waals surface area contributed by atoms with Gasteiger partial charge in [0, 0.05) is 18.1 Å². The highest BCUT2D eigenvalue weighted by Gasteiger charge is 2.26. The lowest BCUT2D eigenvalue weighted by atomic mass is 9.90. The van der Waals surface area contributed by atoms with Gasteiger partial charge in [0.2, 0.25) is 0 Å². The van der Waals surface area contributed by atoms with Crippen molar-refractivity contribution < 1.29 is 14.3 Å². The number of benzene rings is 1. The van der Waals surface area contributed by atoms with Crippen LogP contribution >= 0.6 is 0 Å². The lowest BCUT2D eigenvalue weighted by Gasteiger charge is -2.23. The second-order valence-corrected chi connectivity index (χ2v) is 4.38. The molecule has 0 unspecified atom stereocenters. The highest BCUT2D eigenvalue weighted by Crippen LogP contribution is 2.24. The standard InChI is InChI=1S/C15H16O3/c1-11(16)18-14-10-6-5-9-13(14)15(17)12-7-3-2-4-8-12/h2-4,7-9,14H,5-6,10H2,1H3/t14-/m0/s1. The topological polar surface area (TPSA) is 43.4 Å². The van der Waals surface area contributed by atoms with Crippen LogP contribution in [0.5, 0.6) is 0 Å². The third-order valence-corrected chi connectivity index (χ3v) is 2.99. The molecule has 0 spiro atoms. The molecule has 0 bridgehead atoms. The minimum Gasteiger partial charge on any atom is -0.458 e. The fourth-order valence-corrected chi connectivity index (χ4v) is 2.17. The van der Waals surface area contributed by atoms with Crippen LogP contribution in [0.25, 0.3) is 0 Å². The summed E-state index contributed by atoms with van der Waals surface area (Å²) in [6, 6.07) is 9.09. The van der Waals surface area contributed by atoms with Crippen molar-refractivity contribution >= 4 is 11.8 Å². The van der Waals surface area contributed by atoms with E-state index < -0.39 is 0 Å². The van der Waals surface area contributed by atoms with Crippen LogP contribution in [0.2, 0.25) is 0 Å². The Morgan fingerprint density at radius 1 is 1.22 bits per heavy atom. The first-order valence-electron chi connectivity index (χ1n) is 6.15. The molecule has 1 aliphatic rings. The molecule has 0 heterocycles. The maximum absolute atomic E-state index is 12.3. The minimum atomic E-state index is -0.385. The molecule has 1 atom stereocenters. The molecule has 0 fully saturated rings. The summed E-state index contributed by atoms with van der Waals surface area (Å²) in [5, 5.41) is 0. The average Bonchev–Trinajstić information content (AvgIpc) is 2.39. The van der Waals surface area contributed by atoms with E-state index in [0.29, 0.717) is 11.1 Å². The van der Waals surface area contributed by atoms with Crippen molar-refractivity contribution in [3.63, 3.8) is 0 Å². The van der Waals surface area contributed by atoms with Crippen LogP contribution in [0.4, 0.5) is 0 Å². The van der Waals surface area contributed by atoms with Gasteiger partial charge in [-0.05, 0) is 19.3 Å². The van der Waals surface area contributed by atoms with Gasteiger partial charge in [-0.2, -0.15) is 0 Å². The Morgan fingerprint density at radius 2 is 1.94 bits per heavy atom. The molecule has 0 amide bonds. The summed E-state index contributed by atoms with van der Waals surface area (Å²) >= 11 is 0. The first kappa shape index (κ1) is 12.6. The Labute approximate surface area is 106 Å². The highest BCUT2D eigenvalue weighted by atomic mass is 16.5. The van der Waals surface area contributed by atoms with Crippen molar-refractivity contribution in [2.45, 2.75) is 32.3 Å². The van der Waals surface area contributed by atoms with Gasteiger partial charge in [-0.25, -0.2) is 0 Å². The normalized spacial score (nSPS) is 18.9. The number of hydrogen-bond acceptors (Lipinski definition) is 3. The van der Waals surface area contributed by atoms with Gasteiger partial charge in [0.15, 0.2) is 5.78 Å². The Bertz CT molecular complexity index is 474. The van der Waals surface area contributed by atoms with Crippen molar-refractivity contribution in [3.8, 4) is 0 Å². The number of Topliss-reactive ketones (excluding diaryl/α,β-unsaturated/α-hetero) is 1. The smallest absolute Gasteiger partial charge is 0.303 e. The molecule has 0 saturated heterocycles. The van der Waals surface area contributed by atoms with Gasteiger partial charge < -0.3 is 4.74 Å². The van der Waals surface area contributed by atoms with E-state index in [1.54, 1.807) is 12.1 Å². The zero-order valence-electron chi connectivity index (χ0n) is 10.4. The summed E-state index contributed by atoms with van der Waals surface area (Å²) in [4.78, 5) is 23.4. The zero-order valence-corrected chi connectivity index (χ0v) is 10.4. The predicted molar refractivity (Wildman–Crippen MR) is 68.3 cm³/mol. The first-order chi connectivity index (χ1) is 8.68. The summed E-state index contributed by atoms with van der Waals surface area (Å²) in [6.45, 7) is 1.37. The summed E-state index contributed by atoms with van der Waals surface area (Å²) in [5.74, 6) is -0.379. The Morgan fingerprint density at radius 3 is 2.61 bits per heavy atom. The number of rotatable bonds is 3. The summed E-state index contributed by atoms with van der Waals surface area (Å²) in [7, 11) is 0. The molecule has 94 valence electrons. The Hall–Kier alpha value is -1.90. The van der Waals surface area contributed by atoms with E-state index in [-0.39, 0.29) is 17.9 Å². The van der Waals surface area contributed by atoms with E-state index in [4.69, 9.17) is 4.74 Å². The van der Waals surface area contributed by atoms with Crippen LogP contribution in [0.3, 0.4) is 0 Å². The van der Waals surface area contributed by atoms with Crippen LogP contribution in [-0.4, -0.2) is 17.9 Å². The van der Waals surface area contributed by atoms with Crippen LogP contribution in [0.15, 0.2) is 42.0 Å². The van der Waals surface area contributed by atoms with E-state index in [2.05, 4.69) is 0 Å². The lowest BCUT2D eigenvalue weighted by Crippen LogP contribution is -2.26. The first-order valence-corrected chi connectivity index (χ1v) is 6.15. The van der Waals surface area contributed by atoms with Gasteiger partial charge >= 0.3 is 5.97 Å². The number of ether oxygens (including phenoxy) is 1. The van der Waals surface area contributed by atoms with Gasteiger partial charge in [0.05, 0.1) is 0 Å². The molecule has 2 rings (SSSR count). The molecule has 0 aromatic heterocycles. The van der Waals surface area contributed by atoms with Crippen LogP contribution in [0, 0.1) is 0 Å². The SMILES string of the molecule is CC(=O)O[C@H]1CCCC=C1C(=O)c1ccccc1. The van der Waals surface area contributed by atoms with Crippen molar-refractivity contribution in [2.24, 2.45) is 0 Å². The maximum atomic E-state index is 12.3. The Kier molecular flexibility index (Phi) is 3.92. The van der Waals surface area contributed by atoms with Crippen molar-refractivity contribution in [2.75, 3.05) is 0 Å². The Balaban J connectivity index is 2.22. The van der Waals surface area contributed by atoms with E-state index in [0.717, 1.165) is 19.3 Å². The molecular weight excluding hydrogens is 228 g/mol. The third kappa shape index (κ3) is 2.86. The van der Waals surface area contributed by atoms with E-state index in [1.807, 2.05) is 24.3 Å². The second kappa shape index (κ2) is 5.63.